The van der Waals surface area contributed by atoms with Crippen molar-refractivity contribution in [3.05, 3.63) is 34.3 Å². The van der Waals surface area contributed by atoms with Gasteiger partial charge in [0.15, 0.2) is 5.69 Å². The molecule has 0 saturated carbocycles. The van der Waals surface area contributed by atoms with Crippen molar-refractivity contribution in [3.8, 4) is 0 Å². The van der Waals surface area contributed by atoms with E-state index in [1.54, 1.807) is 6.07 Å². The minimum atomic E-state index is -0.985. The number of imidazole rings is 1. The summed E-state index contributed by atoms with van der Waals surface area (Å²) in [6.07, 6.45) is 3.03. The van der Waals surface area contributed by atoms with Crippen LogP contribution in [0, 0.1) is 0 Å². The molecule has 100 valence electrons. The number of carboxylic acids is 1. The van der Waals surface area contributed by atoms with Crippen LogP contribution in [-0.4, -0.2) is 33.0 Å². The van der Waals surface area contributed by atoms with Gasteiger partial charge in [-0.2, -0.15) is 0 Å². The van der Waals surface area contributed by atoms with Gasteiger partial charge in [0.2, 0.25) is 0 Å². The number of hydrogen-bond donors (Lipinski definition) is 2. The lowest BCUT2D eigenvalue weighted by atomic mass is 10.1. The van der Waals surface area contributed by atoms with Crippen molar-refractivity contribution in [1.82, 2.24) is 14.7 Å². The van der Waals surface area contributed by atoms with Crippen molar-refractivity contribution in [2.75, 3.05) is 6.54 Å². The van der Waals surface area contributed by atoms with E-state index in [-0.39, 0.29) is 5.69 Å². The molecule has 0 aliphatic carbocycles. The Morgan fingerprint density at radius 2 is 2.42 bits per heavy atom. The molecule has 5 nitrogen and oxygen atoms in total. The average Bonchev–Trinajstić information content (AvgIpc) is 2.98. The first-order valence-corrected chi connectivity index (χ1v) is 7.08. The Labute approximate surface area is 118 Å². The minimum absolute atomic E-state index is 0.120. The number of carbonyl (C=O) groups is 1. The van der Waals surface area contributed by atoms with Gasteiger partial charge in [0, 0.05) is 12.5 Å². The first-order chi connectivity index (χ1) is 9.16. The number of aromatic nitrogens is 2. The molecule has 0 spiro atoms. The zero-order valence-corrected chi connectivity index (χ0v) is 11.9. The number of hydrogen-bond acceptors (Lipinski definition) is 3. The van der Waals surface area contributed by atoms with E-state index >= 15 is 0 Å². The monoisotopic (exact) mass is 323 g/mol. The van der Waals surface area contributed by atoms with Gasteiger partial charge < -0.3 is 10.4 Å². The van der Waals surface area contributed by atoms with Crippen LogP contribution in [0.2, 0.25) is 0 Å². The lowest BCUT2D eigenvalue weighted by Gasteiger charge is -2.09. The third kappa shape index (κ3) is 2.26. The number of halogens is 1. The van der Waals surface area contributed by atoms with Crippen LogP contribution in [0.4, 0.5) is 0 Å². The van der Waals surface area contributed by atoms with E-state index in [4.69, 9.17) is 0 Å². The van der Waals surface area contributed by atoms with Crippen LogP contribution in [0.5, 0.6) is 0 Å². The summed E-state index contributed by atoms with van der Waals surface area (Å²) in [4.78, 5) is 15.6. The molecule has 1 aliphatic rings. The molecule has 6 heteroatoms. The first kappa shape index (κ1) is 12.6. The molecule has 3 rings (SSSR count). The van der Waals surface area contributed by atoms with Crippen molar-refractivity contribution < 1.29 is 9.90 Å². The fourth-order valence-corrected chi connectivity index (χ4v) is 3.16. The maximum atomic E-state index is 11.3. The van der Waals surface area contributed by atoms with Gasteiger partial charge in [-0.15, -0.1) is 0 Å². The van der Waals surface area contributed by atoms with Crippen molar-refractivity contribution in [3.63, 3.8) is 0 Å². The fourth-order valence-electron chi connectivity index (χ4n) is 2.61. The highest BCUT2D eigenvalue weighted by Gasteiger charge is 2.22. The highest BCUT2D eigenvalue weighted by atomic mass is 79.9. The predicted molar refractivity (Wildman–Crippen MR) is 74.6 cm³/mol. The zero-order valence-electron chi connectivity index (χ0n) is 10.3. The van der Waals surface area contributed by atoms with Crippen molar-refractivity contribution in [1.29, 1.82) is 0 Å². The Bertz CT molecular complexity index is 632. The highest BCUT2D eigenvalue weighted by Crippen LogP contribution is 2.22. The van der Waals surface area contributed by atoms with E-state index in [1.165, 1.54) is 6.42 Å². The number of nitrogens with zero attached hydrogens (tertiary/aromatic N) is 2. The molecule has 0 radical (unpaired) electrons. The largest absolute Gasteiger partial charge is 0.476 e. The number of aromatic carboxylic acids is 1. The molecule has 1 fully saturated rings. The number of nitrogens with one attached hydrogen (secondary N) is 1. The summed E-state index contributed by atoms with van der Waals surface area (Å²) >= 11 is 3.47. The smallest absolute Gasteiger partial charge is 0.356 e. The molecule has 0 bridgehead atoms. The van der Waals surface area contributed by atoms with Gasteiger partial charge in [-0.1, -0.05) is 6.07 Å². The maximum absolute atomic E-state index is 11.3. The van der Waals surface area contributed by atoms with Crippen LogP contribution in [0.3, 0.4) is 0 Å². The molecule has 19 heavy (non-hydrogen) atoms. The van der Waals surface area contributed by atoms with Crippen LogP contribution in [0.25, 0.3) is 5.52 Å². The van der Waals surface area contributed by atoms with Crippen LogP contribution >= 0.6 is 15.9 Å². The maximum Gasteiger partial charge on any atom is 0.356 e. The second-order valence-corrected chi connectivity index (χ2v) is 5.56. The lowest BCUT2D eigenvalue weighted by Crippen LogP contribution is -2.24. The first-order valence-electron chi connectivity index (χ1n) is 6.29. The van der Waals surface area contributed by atoms with E-state index < -0.39 is 5.97 Å². The number of carboxylic acid groups (broad SMARTS) is 1. The quantitative estimate of drug-likeness (QED) is 0.849. The van der Waals surface area contributed by atoms with Crippen LogP contribution in [0.1, 0.15) is 29.2 Å². The van der Waals surface area contributed by atoms with E-state index in [2.05, 4.69) is 26.2 Å². The van der Waals surface area contributed by atoms with Gasteiger partial charge in [-0.25, -0.2) is 9.78 Å². The number of pyridine rings is 1. The van der Waals surface area contributed by atoms with Crippen LogP contribution in [-0.2, 0) is 6.42 Å². The predicted octanol–water partition coefficient (Wildman–Crippen LogP) is 2.09. The molecule has 3 heterocycles. The van der Waals surface area contributed by atoms with E-state index in [0.29, 0.717) is 11.6 Å². The Morgan fingerprint density at radius 3 is 3.11 bits per heavy atom. The Morgan fingerprint density at radius 1 is 1.58 bits per heavy atom. The summed E-state index contributed by atoms with van der Waals surface area (Å²) in [6.45, 7) is 1.03. The SMILES string of the molecule is O=C(O)c1nc(CC2CCCN2)n2c(Br)cccc12. The Hall–Kier alpha value is -1.40. The van der Waals surface area contributed by atoms with Gasteiger partial charge in [-0.3, -0.25) is 4.40 Å². The molecule has 2 aromatic rings. The molecular weight excluding hydrogens is 310 g/mol. The number of fused-ring (bicyclic) bond motifs is 1. The molecule has 1 atom stereocenters. The Balaban J connectivity index is 2.09. The molecule has 1 saturated heterocycles. The third-order valence-electron chi connectivity index (χ3n) is 3.48. The fraction of sp³-hybridized carbons (Fsp3) is 0.385. The standard InChI is InChI=1S/C13H14BrN3O2/c14-10-5-1-4-9-12(13(18)19)16-11(17(9)10)7-8-3-2-6-15-8/h1,4-5,8,15H,2-3,6-7H2,(H,18,19). The molecule has 1 unspecified atom stereocenters. The molecule has 2 aromatic heterocycles. The summed E-state index contributed by atoms with van der Waals surface area (Å²) in [5.74, 6) is -0.194. The lowest BCUT2D eigenvalue weighted by molar-refractivity contribution is 0.0693. The van der Waals surface area contributed by atoms with Gasteiger partial charge in [0.1, 0.15) is 5.82 Å². The van der Waals surface area contributed by atoms with Crippen molar-refractivity contribution in [2.45, 2.75) is 25.3 Å². The van der Waals surface area contributed by atoms with Gasteiger partial charge in [-0.05, 0) is 47.4 Å². The summed E-state index contributed by atoms with van der Waals surface area (Å²) in [6, 6.07) is 5.89. The molecule has 0 aromatic carbocycles. The van der Waals surface area contributed by atoms with Gasteiger partial charge >= 0.3 is 5.97 Å². The van der Waals surface area contributed by atoms with Gasteiger partial charge in [0.25, 0.3) is 0 Å². The summed E-state index contributed by atoms with van der Waals surface area (Å²) < 4.78 is 2.71. The van der Waals surface area contributed by atoms with Crippen molar-refractivity contribution in [2.24, 2.45) is 0 Å². The van der Waals surface area contributed by atoms with E-state index in [9.17, 15) is 9.90 Å². The highest BCUT2D eigenvalue weighted by molar-refractivity contribution is 9.10. The summed E-state index contributed by atoms with van der Waals surface area (Å²) in [5.41, 5.74) is 0.754. The van der Waals surface area contributed by atoms with Gasteiger partial charge in [0.05, 0.1) is 10.1 Å². The Kier molecular flexibility index (Phi) is 3.28. The normalized spacial score (nSPS) is 19.1. The zero-order chi connectivity index (χ0) is 13.4. The summed E-state index contributed by atoms with van der Waals surface area (Å²) in [7, 11) is 0. The topological polar surface area (TPSA) is 66.6 Å². The van der Waals surface area contributed by atoms with Crippen LogP contribution in [0.15, 0.2) is 22.8 Å². The molecular formula is C13H14BrN3O2. The van der Waals surface area contributed by atoms with E-state index in [0.717, 1.165) is 29.8 Å². The molecule has 2 N–H and O–H groups in total. The second-order valence-electron chi connectivity index (χ2n) is 4.75. The second kappa shape index (κ2) is 4.94. The van der Waals surface area contributed by atoms with Crippen LogP contribution < -0.4 is 5.32 Å². The average molecular weight is 324 g/mol. The minimum Gasteiger partial charge on any atom is -0.476 e. The number of rotatable bonds is 3. The molecule has 1 aliphatic heterocycles. The molecule has 0 amide bonds. The summed E-state index contributed by atoms with van der Waals surface area (Å²) in [5, 5.41) is 12.7. The van der Waals surface area contributed by atoms with E-state index in [1.807, 2.05) is 16.5 Å². The van der Waals surface area contributed by atoms with Crippen molar-refractivity contribution >= 4 is 27.4 Å². The third-order valence-corrected chi connectivity index (χ3v) is 4.10.